The third kappa shape index (κ3) is 2.69. The van der Waals surface area contributed by atoms with Gasteiger partial charge in [0.1, 0.15) is 11.5 Å². The van der Waals surface area contributed by atoms with Crippen LogP contribution < -0.4 is 10.5 Å². The molecular weight excluding hydrogens is 214 g/mol. The number of rotatable bonds is 3. The van der Waals surface area contributed by atoms with Crippen molar-refractivity contribution in [2.45, 2.75) is 6.42 Å². The van der Waals surface area contributed by atoms with Crippen LogP contribution in [-0.2, 0) is 6.42 Å². The first-order valence-corrected chi connectivity index (χ1v) is 5.39. The van der Waals surface area contributed by atoms with Crippen LogP contribution in [0.25, 0.3) is 0 Å². The van der Waals surface area contributed by atoms with Crippen LogP contribution in [0, 0.1) is 0 Å². The average molecular weight is 229 g/mol. The quantitative estimate of drug-likeness (QED) is 0.795. The summed E-state index contributed by atoms with van der Waals surface area (Å²) >= 11 is 0. The van der Waals surface area contributed by atoms with Crippen molar-refractivity contribution in [3.8, 4) is 11.5 Å². The summed E-state index contributed by atoms with van der Waals surface area (Å²) in [6.45, 7) is 0. The molecule has 0 amide bonds. The van der Waals surface area contributed by atoms with Gasteiger partial charge in [0.2, 0.25) is 0 Å². The van der Waals surface area contributed by atoms with Gasteiger partial charge in [-0.25, -0.2) is 0 Å². The highest BCUT2D eigenvalue weighted by molar-refractivity contribution is 5.53. The van der Waals surface area contributed by atoms with Crippen molar-refractivity contribution >= 4 is 5.69 Å². The maximum Gasteiger partial charge on any atom is 0.120 e. The highest BCUT2D eigenvalue weighted by Gasteiger charge is 2.02. The number of nitrogens with two attached hydrogens (primary N) is 1. The van der Waals surface area contributed by atoms with E-state index in [1.165, 1.54) is 0 Å². The zero-order valence-corrected chi connectivity index (χ0v) is 9.68. The monoisotopic (exact) mass is 229 g/mol. The van der Waals surface area contributed by atoms with Gasteiger partial charge in [0.25, 0.3) is 0 Å². The molecule has 0 saturated carbocycles. The van der Waals surface area contributed by atoms with Gasteiger partial charge < -0.3 is 15.6 Å². The number of ether oxygens (including phenoxy) is 1. The second-order valence-electron chi connectivity index (χ2n) is 3.91. The van der Waals surface area contributed by atoms with Crippen molar-refractivity contribution in [1.29, 1.82) is 0 Å². The van der Waals surface area contributed by atoms with Crippen molar-refractivity contribution in [2.75, 3.05) is 12.8 Å². The number of aromatic hydroxyl groups is 1. The highest BCUT2D eigenvalue weighted by atomic mass is 16.5. The van der Waals surface area contributed by atoms with Crippen LogP contribution >= 0.6 is 0 Å². The molecule has 3 nitrogen and oxygen atoms in total. The predicted molar refractivity (Wildman–Crippen MR) is 68.3 cm³/mol. The maximum absolute atomic E-state index is 9.20. The predicted octanol–water partition coefficient (Wildman–Crippen LogP) is 2.57. The van der Waals surface area contributed by atoms with Gasteiger partial charge >= 0.3 is 0 Å². The van der Waals surface area contributed by atoms with Crippen LogP contribution in [0.4, 0.5) is 5.69 Å². The van der Waals surface area contributed by atoms with E-state index >= 15 is 0 Å². The first-order chi connectivity index (χ1) is 8.19. The Labute approximate surface area is 100 Å². The van der Waals surface area contributed by atoms with Crippen LogP contribution in [0.15, 0.2) is 42.5 Å². The van der Waals surface area contributed by atoms with Gasteiger partial charge in [0, 0.05) is 11.8 Å². The van der Waals surface area contributed by atoms with Gasteiger partial charge in [-0.1, -0.05) is 18.2 Å². The van der Waals surface area contributed by atoms with Gasteiger partial charge in [-0.3, -0.25) is 0 Å². The summed E-state index contributed by atoms with van der Waals surface area (Å²) < 4.78 is 5.10. The standard InChI is InChI=1S/C14H15NO2/c1-17-13-7-4-11(14(15)9-13)8-10-2-5-12(16)6-3-10/h2-7,9,16H,8,15H2,1H3. The minimum Gasteiger partial charge on any atom is -0.508 e. The molecule has 3 heteroatoms. The number of hydrogen-bond donors (Lipinski definition) is 2. The molecule has 0 saturated heterocycles. The lowest BCUT2D eigenvalue weighted by molar-refractivity contribution is 0.415. The molecular formula is C14H15NO2. The van der Waals surface area contributed by atoms with E-state index in [1.54, 1.807) is 19.2 Å². The third-order valence-electron chi connectivity index (χ3n) is 2.68. The second kappa shape index (κ2) is 4.78. The van der Waals surface area contributed by atoms with E-state index < -0.39 is 0 Å². The maximum atomic E-state index is 9.20. The zero-order valence-electron chi connectivity index (χ0n) is 9.68. The molecule has 2 aromatic carbocycles. The fourth-order valence-corrected chi connectivity index (χ4v) is 1.69. The van der Waals surface area contributed by atoms with Gasteiger partial charge in [0.15, 0.2) is 0 Å². The second-order valence-corrected chi connectivity index (χ2v) is 3.91. The van der Waals surface area contributed by atoms with E-state index in [1.807, 2.05) is 30.3 Å². The Balaban J connectivity index is 2.21. The van der Waals surface area contributed by atoms with Crippen molar-refractivity contribution in [3.05, 3.63) is 53.6 Å². The Morgan fingerprint density at radius 2 is 1.82 bits per heavy atom. The van der Waals surface area contributed by atoms with E-state index in [9.17, 15) is 5.11 Å². The highest BCUT2D eigenvalue weighted by Crippen LogP contribution is 2.22. The molecule has 0 spiro atoms. The van der Waals surface area contributed by atoms with Crippen LogP contribution in [0.3, 0.4) is 0 Å². The van der Waals surface area contributed by atoms with Gasteiger partial charge in [-0.15, -0.1) is 0 Å². The molecule has 0 aliphatic carbocycles. The number of phenolic OH excluding ortho intramolecular Hbond substituents is 1. The van der Waals surface area contributed by atoms with E-state index in [0.29, 0.717) is 0 Å². The van der Waals surface area contributed by atoms with Gasteiger partial charge in [-0.05, 0) is 35.7 Å². The molecule has 17 heavy (non-hydrogen) atoms. The summed E-state index contributed by atoms with van der Waals surface area (Å²) in [6, 6.07) is 12.8. The molecule has 0 heterocycles. The van der Waals surface area contributed by atoms with E-state index in [0.717, 1.165) is 29.0 Å². The normalized spacial score (nSPS) is 10.2. The van der Waals surface area contributed by atoms with Crippen LogP contribution in [0.1, 0.15) is 11.1 Å². The Hall–Kier alpha value is -2.16. The molecule has 0 bridgehead atoms. The summed E-state index contributed by atoms with van der Waals surface area (Å²) in [5.74, 6) is 1.04. The number of hydrogen-bond acceptors (Lipinski definition) is 3. The Bertz CT molecular complexity index is 506. The SMILES string of the molecule is COc1ccc(Cc2ccc(O)cc2)c(N)c1. The molecule has 3 N–H and O–H groups in total. The minimum atomic E-state index is 0.274. The lowest BCUT2D eigenvalue weighted by Gasteiger charge is -2.08. The average Bonchev–Trinajstić information content (AvgIpc) is 2.34. The summed E-state index contributed by atoms with van der Waals surface area (Å²) in [5, 5.41) is 9.20. The molecule has 88 valence electrons. The molecule has 0 fully saturated rings. The van der Waals surface area contributed by atoms with Crippen LogP contribution in [0.2, 0.25) is 0 Å². The number of benzene rings is 2. The van der Waals surface area contributed by atoms with Crippen molar-refractivity contribution in [1.82, 2.24) is 0 Å². The molecule has 0 aliphatic heterocycles. The number of nitrogen functional groups attached to an aromatic ring is 1. The zero-order chi connectivity index (χ0) is 12.3. The first-order valence-electron chi connectivity index (χ1n) is 5.39. The van der Waals surface area contributed by atoms with E-state index in [-0.39, 0.29) is 5.75 Å². The molecule has 0 aliphatic rings. The fraction of sp³-hybridized carbons (Fsp3) is 0.143. The Morgan fingerprint density at radius 3 is 2.41 bits per heavy atom. The lowest BCUT2D eigenvalue weighted by Crippen LogP contribution is -1.96. The molecule has 2 aromatic rings. The smallest absolute Gasteiger partial charge is 0.120 e. The van der Waals surface area contributed by atoms with E-state index in [4.69, 9.17) is 10.5 Å². The molecule has 0 unspecified atom stereocenters. The fourth-order valence-electron chi connectivity index (χ4n) is 1.69. The Kier molecular flexibility index (Phi) is 3.19. The minimum absolute atomic E-state index is 0.274. The lowest BCUT2D eigenvalue weighted by atomic mass is 10.0. The number of anilines is 1. The molecule has 2 rings (SSSR count). The first kappa shape index (κ1) is 11.3. The van der Waals surface area contributed by atoms with Crippen molar-refractivity contribution in [3.63, 3.8) is 0 Å². The van der Waals surface area contributed by atoms with Crippen LogP contribution in [-0.4, -0.2) is 12.2 Å². The largest absolute Gasteiger partial charge is 0.508 e. The van der Waals surface area contributed by atoms with E-state index in [2.05, 4.69) is 0 Å². The summed E-state index contributed by atoms with van der Waals surface area (Å²) in [4.78, 5) is 0. The third-order valence-corrected chi connectivity index (χ3v) is 2.68. The van der Waals surface area contributed by atoms with Crippen LogP contribution in [0.5, 0.6) is 11.5 Å². The topological polar surface area (TPSA) is 55.5 Å². The molecule has 0 aromatic heterocycles. The Morgan fingerprint density at radius 1 is 1.12 bits per heavy atom. The molecule has 0 atom stereocenters. The number of phenols is 1. The summed E-state index contributed by atoms with van der Waals surface area (Å²) in [5.41, 5.74) is 8.83. The summed E-state index contributed by atoms with van der Waals surface area (Å²) in [7, 11) is 1.62. The number of methoxy groups -OCH3 is 1. The van der Waals surface area contributed by atoms with Gasteiger partial charge in [0.05, 0.1) is 7.11 Å². The summed E-state index contributed by atoms with van der Waals surface area (Å²) in [6.07, 6.45) is 0.746. The van der Waals surface area contributed by atoms with Crippen molar-refractivity contribution in [2.24, 2.45) is 0 Å². The van der Waals surface area contributed by atoms with Gasteiger partial charge in [-0.2, -0.15) is 0 Å². The molecule has 0 radical (unpaired) electrons. The van der Waals surface area contributed by atoms with Crippen molar-refractivity contribution < 1.29 is 9.84 Å².